The molecular weight excluding hydrogens is 100 g/mol. The van der Waals surface area contributed by atoms with Gasteiger partial charge in [0.05, 0.1) is 0 Å². The van der Waals surface area contributed by atoms with Crippen molar-refractivity contribution in [2.75, 3.05) is 0 Å². The minimum absolute atomic E-state index is 0.838. The Kier molecular flexibility index (Phi) is 1.24. The van der Waals surface area contributed by atoms with Crippen molar-refractivity contribution in [1.29, 1.82) is 0 Å². The van der Waals surface area contributed by atoms with Crippen LogP contribution in [0.2, 0.25) is 0 Å². The Morgan fingerprint density at radius 1 is 1.50 bits per heavy atom. The normalized spacial score (nSPS) is 17.8. The third-order valence-corrected chi connectivity index (χ3v) is 0.915. The van der Waals surface area contributed by atoms with Gasteiger partial charge in [0.15, 0.2) is 5.71 Å². The van der Waals surface area contributed by atoms with E-state index in [1.807, 2.05) is 19.9 Å². The smallest absolute Gasteiger partial charge is 0.0505 e. The summed E-state index contributed by atoms with van der Waals surface area (Å²) in [6.07, 6.45) is 3.64. The molecule has 0 aromatic heterocycles. The van der Waals surface area contributed by atoms with Gasteiger partial charge >= 0.3 is 5.84 Å². The molecule has 1 rings (SSSR count). The van der Waals surface area contributed by atoms with Gasteiger partial charge in [0, 0.05) is 19.9 Å². The van der Waals surface area contributed by atoms with Gasteiger partial charge in [-0.05, 0) is 4.99 Å². The fourth-order valence-electron chi connectivity index (χ4n) is 0.574. The Bertz CT molecular complexity index is 172. The van der Waals surface area contributed by atoms with Crippen molar-refractivity contribution in [2.45, 2.75) is 13.8 Å². The van der Waals surface area contributed by atoms with Gasteiger partial charge in [-0.1, -0.05) is 4.99 Å². The van der Waals surface area contributed by atoms with Gasteiger partial charge in [-0.2, -0.15) is 0 Å². The summed E-state index contributed by atoms with van der Waals surface area (Å²) in [5.74, 6) is 0.838. The van der Waals surface area contributed by atoms with E-state index in [1.165, 1.54) is 0 Å². The minimum Gasteiger partial charge on any atom is -0.0505 e. The molecule has 1 aliphatic rings. The molecule has 0 aromatic carbocycles. The van der Waals surface area contributed by atoms with Crippen LogP contribution in [0, 0.1) is 0 Å². The molecule has 0 amide bonds. The molecule has 1 radical (unpaired) electrons. The lowest BCUT2D eigenvalue weighted by Gasteiger charge is -1.81. The van der Waals surface area contributed by atoms with Crippen LogP contribution < -0.4 is 4.99 Å². The molecule has 0 atom stereocenters. The molecule has 2 heteroatoms. The third-order valence-electron chi connectivity index (χ3n) is 0.915. The van der Waals surface area contributed by atoms with Crippen LogP contribution in [0.5, 0.6) is 0 Å². The van der Waals surface area contributed by atoms with Crippen LogP contribution in [0.15, 0.2) is 17.3 Å². The highest BCUT2D eigenvalue weighted by atomic mass is 14.9. The van der Waals surface area contributed by atoms with E-state index in [9.17, 15) is 0 Å². The lowest BCUT2D eigenvalue weighted by molar-refractivity contribution is 1.30. The van der Waals surface area contributed by atoms with Crippen molar-refractivity contribution >= 4 is 11.5 Å². The average molecular weight is 108 g/mol. The summed E-state index contributed by atoms with van der Waals surface area (Å²) >= 11 is 0. The first-order chi connectivity index (χ1) is 3.79. The summed E-state index contributed by atoms with van der Waals surface area (Å²) in [6, 6.07) is 0. The summed E-state index contributed by atoms with van der Waals surface area (Å²) < 4.78 is 0. The van der Waals surface area contributed by atoms with Crippen LogP contribution in [0.25, 0.3) is 0 Å². The lowest BCUT2D eigenvalue weighted by atomic mass is 10.4. The van der Waals surface area contributed by atoms with E-state index in [-0.39, 0.29) is 0 Å². The van der Waals surface area contributed by atoms with Crippen LogP contribution in [0.1, 0.15) is 13.8 Å². The molecule has 1 aliphatic heterocycles. The second-order valence-electron chi connectivity index (χ2n) is 1.75. The molecular formula is C6H8N2+. The Morgan fingerprint density at radius 2 is 2.25 bits per heavy atom. The molecule has 1 heterocycles. The van der Waals surface area contributed by atoms with Crippen LogP contribution in [0.4, 0.5) is 0 Å². The standard InChI is InChI=1S/C6H8N2/c1-5-3-4-7-6(2)8-5/h3-4H,1-2H3/q+1. The molecule has 0 saturated heterocycles. The zero-order valence-electron chi connectivity index (χ0n) is 5.05. The highest BCUT2D eigenvalue weighted by Crippen LogP contribution is 1.86. The van der Waals surface area contributed by atoms with Crippen molar-refractivity contribution in [2.24, 2.45) is 4.99 Å². The topological polar surface area (TPSA) is 26.5 Å². The summed E-state index contributed by atoms with van der Waals surface area (Å²) in [6.45, 7) is 3.84. The molecule has 0 saturated carbocycles. The number of hydrogen-bond acceptors (Lipinski definition) is 2. The van der Waals surface area contributed by atoms with Crippen molar-refractivity contribution in [3.8, 4) is 0 Å². The Morgan fingerprint density at radius 3 is 2.62 bits per heavy atom. The van der Waals surface area contributed by atoms with Gasteiger partial charge in [0.2, 0.25) is 0 Å². The largest absolute Gasteiger partial charge is 0.335 e. The molecule has 41 valence electrons. The fourth-order valence-corrected chi connectivity index (χ4v) is 0.574. The maximum Gasteiger partial charge on any atom is 0.335 e. The summed E-state index contributed by atoms with van der Waals surface area (Å²) in [7, 11) is 0. The van der Waals surface area contributed by atoms with Crippen molar-refractivity contribution < 1.29 is 0 Å². The lowest BCUT2D eigenvalue weighted by Crippen LogP contribution is -2.03. The number of amidine groups is 1. The molecule has 0 spiro atoms. The molecule has 0 N–H and O–H groups in total. The van der Waals surface area contributed by atoms with Gasteiger partial charge in [0.1, 0.15) is 6.20 Å². The van der Waals surface area contributed by atoms with E-state index in [0.29, 0.717) is 0 Å². The maximum absolute atomic E-state index is 4.06. The minimum atomic E-state index is 0.838. The van der Waals surface area contributed by atoms with Gasteiger partial charge in [0.25, 0.3) is 0 Å². The monoisotopic (exact) mass is 108 g/mol. The predicted octanol–water partition coefficient (Wildman–Crippen LogP) is 0.729. The van der Waals surface area contributed by atoms with E-state index >= 15 is 0 Å². The zero-order valence-corrected chi connectivity index (χ0v) is 5.05. The van der Waals surface area contributed by atoms with E-state index < -0.39 is 0 Å². The van der Waals surface area contributed by atoms with Crippen molar-refractivity contribution in [3.63, 3.8) is 0 Å². The second kappa shape index (κ2) is 1.90. The van der Waals surface area contributed by atoms with Crippen molar-refractivity contribution in [3.05, 3.63) is 12.3 Å². The van der Waals surface area contributed by atoms with Gasteiger partial charge in [-0.3, -0.25) is 0 Å². The molecule has 8 heavy (non-hydrogen) atoms. The van der Waals surface area contributed by atoms with Crippen LogP contribution in [-0.2, 0) is 0 Å². The number of aliphatic imine (C=N–C) groups is 2. The second-order valence-corrected chi connectivity index (χ2v) is 1.75. The van der Waals surface area contributed by atoms with Crippen LogP contribution in [0.3, 0.4) is 0 Å². The molecule has 0 unspecified atom stereocenters. The SMILES string of the molecule is CC1=NC(C)=[N+]C=C1. The van der Waals surface area contributed by atoms with E-state index in [0.717, 1.165) is 11.5 Å². The van der Waals surface area contributed by atoms with Crippen LogP contribution >= 0.6 is 0 Å². The molecule has 0 aromatic rings. The van der Waals surface area contributed by atoms with Crippen molar-refractivity contribution in [1.82, 2.24) is 4.99 Å². The number of allylic oxidation sites excluding steroid dienone is 1. The first-order valence-corrected chi connectivity index (χ1v) is 2.55. The Balaban J connectivity index is 2.89. The van der Waals surface area contributed by atoms with Gasteiger partial charge in [-0.15, -0.1) is 0 Å². The van der Waals surface area contributed by atoms with Gasteiger partial charge in [-0.25, -0.2) is 0 Å². The number of hydrogen-bond donors (Lipinski definition) is 0. The summed E-state index contributed by atoms with van der Waals surface area (Å²) in [5.41, 5.74) is 1.03. The quantitative estimate of drug-likeness (QED) is 0.437. The summed E-state index contributed by atoms with van der Waals surface area (Å²) in [4.78, 5) is 7.99. The highest BCUT2D eigenvalue weighted by Gasteiger charge is 2.03. The average Bonchev–Trinajstić information content (AvgIpc) is 1.64. The highest BCUT2D eigenvalue weighted by molar-refractivity contribution is 6.03. The van der Waals surface area contributed by atoms with Gasteiger partial charge < -0.3 is 0 Å². The fraction of sp³-hybridized carbons (Fsp3) is 0.333. The zero-order chi connectivity index (χ0) is 5.98. The Labute approximate surface area is 48.7 Å². The molecule has 0 fully saturated rings. The first-order valence-electron chi connectivity index (χ1n) is 2.55. The predicted molar refractivity (Wildman–Crippen MR) is 35.1 cm³/mol. The third kappa shape index (κ3) is 1.03. The summed E-state index contributed by atoms with van der Waals surface area (Å²) in [5, 5.41) is 0. The molecule has 0 bridgehead atoms. The number of rotatable bonds is 0. The molecule has 0 aliphatic carbocycles. The van der Waals surface area contributed by atoms with E-state index in [1.54, 1.807) is 6.20 Å². The number of nitrogens with zero attached hydrogens (tertiary/aromatic N) is 2. The van der Waals surface area contributed by atoms with E-state index in [4.69, 9.17) is 0 Å². The Hall–Kier alpha value is -0.920. The first kappa shape index (κ1) is 5.22. The van der Waals surface area contributed by atoms with E-state index in [2.05, 4.69) is 9.98 Å². The maximum atomic E-state index is 4.06. The van der Waals surface area contributed by atoms with Crippen LogP contribution in [-0.4, -0.2) is 11.5 Å². The molecule has 2 nitrogen and oxygen atoms in total.